The van der Waals surface area contributed by atoms with Crippen LogP contribution in [0.5, 0.6) is 5.75 Å². The molecule has 2 heterocycles. The maximum Gasteiger partial charge on any atom is 0.194 e. The molecule has 2 unspecified atom stereocenters. The highest BCUT2D eigenvalue weighted by molar-refractivity contribution is 6.74. The molecule has 0 saturated carbocycles. The fourth-order valence-corrected chi connectivity index (χ4v) is 15.4. The van der Waals surface area contributed by atoms with Crippen molar-refractivity contribution in [2.75, 3.05) is 13.7 Å². The van der Waals surface area contributed by atoms with Crippen LogP contribution in [0.25, 0.3) is 0 Å². The van der Waals surface area contributed by atoms with Crippen molar-refractivity contribution in [1.82, 2.24) is 10.4 Å². The van der Waals surface area contributed by atoms with Gasteiger partial charge in [0.2, 0.25) is 0 Å². The van der Waals surface area contributed by atoms with Crippen molar-refractivity contribution >= 4 is 25.0 Å². The van der Waals surface area contributed by atoms with Crippen LogP contribution in [-0.4, -0.2) is 79.4 Å². The van der Waals surface area contributed by atoms with Gasteiger partial charge in [-0.25, -0.2) is 0 Å². The number of hydrogen-bond acceptors (Lipinski definition) is 8. The number of nitrogens with zero attached hydrogens (tertiary/aromatic N) is 1. The first kappa shape index (κ1) is 36.9. The molecular weight excluding hydrogens is 593 g/mol. The molecule has 0 aromatic heterocycles. The van der Waals surface area contributed by atoms with Gasteiger partial charge in [0.1, 0.15) is 18.0 Å². The molecule has 8 nitrogen and oxygen atoms in total. The van der Waals surface area contributed by atoms with Gasteiger partial charge in [-0.1, -0.05) is 74.4 Å². The highest BCUT2D eigenvalue weighted by Gasteiger charge is 2.59. The van der Waals surface area contributed by atoms with E-state index in [9.17, 15) is 5.11 Å². The average Bonchev–Trinajstić information content (AvgIpc) is 3.86. The van der Waals surface area contributed by atoms with Gasteiger partial charge in [-0.05, 0) is 72.1 Å². The Morgan fingerprint density at radius 2 is 1.14 bits per heavy atom. The van der Waals surface area contributed by atoms with Crippen molar-refractivity contribution in [3.63, 3.8) is 0 Å². The molecule has 11 heteroatoms. The van der Waals surface area contributed by atoms with Crippen molar-refractivity contribution in [2.24, 2.45) is 0 Å². The van der Waals surface area contributed by atoms with Crippen LogP contribution in [0, 0.1) is 0 Å². The van der Waals surface area contributed by atoms with Crippen molar-refractivity contribution in [1.29, 1.82) is 0 Å². The molecule has 2 fully saturated rings. The number of aliphatic hydroxyl groups excluding tert-OH is 1. The lowest BCUT2D eigenvalue weighted by atomic mass is 9.93. The van der Waals surface area contributed by atoms with Crippen LogP contribution in [0.4, 0.5) is 0 Å². The lowest BCUT2D eigenvalue weighted by molar-refractivity contribution is -0.128. The lowest BCUT2D eigenvalue weighted by Crippen LogP contribution is -2.73. The first-order valence-corrected chi connectivity index (χ1v) is 24.7. The summed E-state index contributed by atoms with van der Waals surface area (Å²) >= 11 is 0. The van der Waals surface area contributed by atoms with Gasteiger partial charge in [-0.3, -0.25) is 10.2 Å². The van der Waals surface area contributed by atoms with Gasteiger partial charge in [-0.15, -0.1) is 5.06 Å². The molecule has 0 radical (unpaired) electrons. The minimum absolute atomic E-state index is 0.0284. The zero-order valence-corrected chi connectivity index (χ0v) is 31.8. The highest BCUT2D eigenvalue weighted by atomic mass is 28.4. The average molecular weight is 655 g/mol. The first-order valence-electron chi connectivity index (χ1n) is 17.2. The van der Waals surface area contributed by atoms with E-state index >= 15 is 0 Å². The van der Waals surface area contributed by atoms with Crippen molar-refractivity contribution in [3.8, 4) is 5.75 Å². The molecule has 2 aliphatic heterocycles. The summed E-state index contributed by atoms with van der Waals surface area (Å²) < 4.78 is 27.5. The van der Waals surface area contributed by atoms with E-state index in [4.69, 9.17) is 22.9 Å². The third-order valence-electron chi connectivity index (χ3n) is 11.0. The number of hydrogen-bond donors (Lipinski definition) is 2. The number of aliphatic hydroxyl groups is 1. The monoisotopic (exact) mass is 654 g/mol. The number of piperidine rings is 1. The minimum Gasteiger partial charge on any atom is -0.497 e. The van der Waals surface area contributed by atoms with Crippen LogP contribution >= 0.6 is 0 Å². The summed E-state index contributed by atoms with van der Waals surface area (Å²) in [4.78, 5) is 6.45. The van der Waals surface area contributed by atoms with E-state index in [1.807, 2.05) is 12.1 Å². The maximum absolute atomic E-state index is 10.9. The van der Waals surface area contributed by atoms with Gasteiger partial charge < -0.3 is 23.1 Å². The highest BCUT2D eigenvalue weighted by Crippen LogP contribution is 2.46. The van der Waals surface area contributed by atoms with Crippen molar-refractivity contribution < 1.29 is 28.0 Å². The number of ether oxygens (including phenoxy) is 1. The zero-order valence-electron chi connectivity index (χ0n) is 28.8. The summed E-state index contributed by atoms with van der Waals surface area (Å²) in [7, 11) is -4.51. The van der Waals surface area contributed by atoms with Crippen LogP contribution in [-0.2, 0) is 18.1 Å². The largest absolute Gasteiger partial charge is 0.497 e. The van der Waals surface area contributed by atoms with Crippen LogP contribution in [0.15, 0.2) is 24.3 Å². The van der Waals surface area contributed by atoms with E-state index < -0.39 is 25.0 Å². The minimum atomic E-state index is -2.10. The summed E-state index contributed by atoms with van der Waals surface area (Å²) in [6.45, 7) is 20.4. The Balaban J connectivity index is 2.16. The molecule has 7 atom stereocenters. The summed E-state index contributed by atoms with van der Waals surface area (Å²) in [5.74, 6) is 0.825. The van der Waals surface area contributed by atoms with E-state index in [1.165, 1.54) is 0 Å². The number of nitrogens with one attached hydrogen (secondary N) is 1. The molecule has 1 aromatic carbocycles. The van der Waals surface area contributed by atoms with Gasteiger partial charge >= 0.3 is 0 Å². The zero-order chi connectivity index (χ0) is 31.8. The van der Waals surface area contributed by atoms with Crippen molar-refractivity contribution in [2.45, 2.75) is 153 Å². The molecule has 0 aliphatic carbocycles. The third kappa shape index (κ3) is 8.04. The first-order chi connectivity index (χ1) is 20.7. The summed E-state index contributed by atoms with van der Waals surface area (Å²) in [5.41, 5.74) is 1.08. The number of rotatable bonds is 19. The topological polar surface area (TPSA) is 84.7 Å². The van der Waals surface area contributed by atoms with E-state index in [0.717, 1.165) is 65.7 Å². The molecule has 0 amide bonds. The standard InChI is InChI=1S/C32H62N2O6Si3/c1-11-41(12-2,13-3)38-29-27(24-35)33-31(40-43(17-7,18-8)19-9)28(30(29)39-42(14-4,15-5)16-6)34-32(37-34)25-20-22-26(36-10)23-21-25/h20-23,27-33,35H,11-19,24H2,1-10H3/t27-,28-,29-,30-,31-,32?,34?/m1/s1. The molecular formula is C32H62N2O6Si3. The Morgan fingerprint density at radius 3 is 1.56 bits per heavy atom. The van der Waals surface area contributed by atoms with Gasteiger partial charge in [0, 0.05) is 0 Å². The van der Waals surface area contributed by atoms with Gasteiger partial charge in [-0.2, -0.15) is 0 Å². The second kappa shape index (κ2) is 16.3. The lowest BCUT2D eigenvalue weighted by Gasteiger charge is -2.53. The van der Waals surface area contributed by atoms with Crippen LogP contribution in [0.1, 0.15) is 74.1 Å². The molecule has 43 heavy (non-hydrogen) atoms. The Kier molecular flexibility index (Phi) is 14.0. The summed E-state index contributed by atoms with van der Waals surface area (Å²) in [5, 5.41) is 16.8. The third-order valence-corrected chi connectivity index (χ3v) is 24.9. The van der Waals surface area contributed by atoms with Gasteiger partial charge in [0.25, 0.3) is 0 Å². The molecule has 2 saturated heterocycles. The maximum atomic E-state index is 10.9. The SMILES string of the molecule is CC[Si](CC)(CC)O[C@H]1[C@H](O[Si](CC)(CC)CC)[C@@H](CO)N[C@H](O[Si](CC)(CC)CC)[C@@H]1N1OC1c1ccc(OC)cc1. The van der Waals surface area contributed by atoms with Crippen LogP contribution in [0.3, 0.4) is 0 Å². The summed E-state index contributed by atoms with van der Waals surface area (Å²) in [6.07, 6.45) is -1.12. The van der Waals surface area contributed by atoms with Gasteiger partial charge in [0.15, 0.2) is 31.2 Å². The van der Waals surface area contributed by atoms with Gasteiger partial charge in [0.05, 0.1) is 32.0 Å². The predicted molar refractivity (Wildman–Crippen MR) is 183 cm³/mol. The molecule has 2 N–H and O–H groups in total. The normalized spacial score (nSPS) is 28.2. The smallest absolute Gasteiger partial charge is 0.194 e. The Bertz CT molecular complexity index is 936. The van der Waals surface area contributed by atoms with E-state index in [-0.39, 0.29) is 43.4 Å². The van der Waals surface area contributed by atoms with Crippen LogP contribution in [0.2, 0.25) is 54.4 Å². The summed E-state index contributed by atoms with van der Waals surface area (Å²) in [6, 6.07) is 17.0. The molecule has 1 aromatic rings. The Hall–Kier alpha value is -0.609. The second-order valence-electron chi connectivity index (χ2n) is 12.5. The van der Waals surface area contributed by atoms with E-state index in [1.54, 1.807) is 7.11 Å². The quantitative estimate of drug-likeness (QED) is 0.118. The molecule has 3 rings (SSSR count). The van der Waals surface area contributed by atoms with E-state index in [2.05, 4.69) is 84.8 Å². The molecule has 0 spiro atoms. The Labute approximate surface area is 265 Å². The Morgan fingerprint density at radius 1 is 0.698 bits per heavy atom. The van der Waals surface area contributed by atoms with Crippen molar-refractivity contribution in [3.05, 3.63) is 29.8 Å². The van der Waals surface area contributed by atoms with Crippen LogP contribution < -0.4 is 10.1 Å². The molecule has 2 aliphatic rings. The predicted octanol–water partition coefficient (Wildman–Crippen LogP) is 7.40. The van der Waals surface area contributed by atoms with E-state index in [0.29, 0.717) is 0 Å². The fourth-order valence-electron chi connectivity index (χ4n) is 6.96. The number of hydroxylamine groups is 2. The number of methoxy groups -OCH3 is 1. The molecule has 0 bridgehead atoms. The molecule has 248 valence electrons. The number of benzene rings is 1. The second-order valence-corrected chi connectivity index (χ2v) is 26.6. The fraction of sp³-hybridized carbons (Fsp3) is 0.812.